The van der Waals surface area contributed by atoms with Crippen molar-refractivity contribution >= 4 is 69.4 Å². The van der Waals surface area contributed by atoms with Gasteiger partial charge in [0.05, 0.1) is 0 Å². The van der Waals surface area contributed by atoms with E-state index in [9.17, 15) is 0 Å². The maximum Gasteiger partial charge on any atom is 2.00 e. The van der Waals surface area contributed by atoms with Crippen LogP contribution in [0.4, 0.5) is 0 Å². The summed E-state index contributed by atoms with van der Waals surface area (Å²) in [6, 6.07) is 30.5. The second kappa shape index (κ2) is 15.8. The molecular formula is C55H48MgN4+2. The van der Waals surface area contributed by atoms with E-state index in [0.717, 1.165) is 78.2 Å². The molecule has 2 N–H and O–H groups in total. The number of aromatic nitrogens is 4. The molecule has 2 aliphatic rings. The van der Waals surface area contributed by atoms with Crippen molar-refractivity contribution in [2.75, 3.05) is 0 Å². The van der Waals surface area contributed by atoms with E-state index in [1.807, 2.05) is 12.1 Å². The van der Waals surface area contributed by atoms with Gasteiger partial charge in [0.1, 0.15) is 0 Å². The number of aryl methyl sites for hydroxylation is 9. The first-order valence-corrected chi connectivity index (χ1v) is 20.4. The summed E-state index contributed by atoms with van der Waals surface area (Å²) < 4.78 is 0. The maximum absolute atomic E-state index is 5.83. The van der Waals surface area contributed by atoms with Gasteiger partial charge >= 0.3 is 23.1 Å². The monoisotopic (exact) mass is 788 g/mol. The molecule has 0 saturated carbocycles. The second-order valence-electron chi connectivity index (χ2n) is 16.5. The van der Waals surface area contributed by atoms with Crippen molar-refractivity contribution in [3.8, 4) is 56.9 Å². The summed E-state index contributed by atoms with van der Waals surface area (Å²) in [7, 11) is 0. The van der Waals surface area contributed by atoms with Crippen LogP contribution >= 0.6 is 0 Å². The Morgan fingerprint density at radius 2 is 0.667 bits per heavy atom. The molecule has 8 bridgehead atoms. The van der Waals surface area contributed by atoms with E-state index in [4.69, 9.17) is 16.4 Å². The Morgan fingerprint density at radius 3 is 0.967 bits per heavy atom. The van der Waals surface area contributed by atoms with Crippen molar-refractivity contribution in [2.24, 2.45) is 0 Å². The van der Waals surface area contributed by atoms with E-state index < -0.39 is 0 Å². The van der Waals surface area contributed by atoms with Crippen molar-refractivity contribution in [1.29, 1.82) is 0 Å². The number of nitrogens with one attached hydrogen (secondary N) is 2. The molecule has 0 atom stereocenters. The summed E-state index contributed by atoms with van der Waals surface area (Å²) >= 11 is 0. The third kappa shape index (κ3) is 7.04. The average Bonchev–Trinajstić information content (AvgIpc) is 4.02. The number of nitrogens with zero attached hydrogens (tertiary/aromatic N) is 2. The minimum Gasteiger partial charge on any atom is -0.656 e. The van der Waals surface area contributed by atoms with E-state index in [0.29, 0.717) is 0 Å². The third-order valence-corrected chi connectivity index (χ3v) is 11.9. The molecule has 0 fully saturated rings. The standard InChI is InChI=1S/C55H46N4.Mg/c1-11-39-12-14-40(15-13-39)52-41-16-18-43(56-41)53(49-33(5)24-30(2)25-34(49)6)45-20-22-47(58-45)55(51-37(9)28-32(4)29-38(51)10)48-23-21-46(59-48)54(44-19-17-42(52)57-44)50-35(7)26-31(3)27-36(50)8;/h1,12-29H,2-10H3;/q-2;+2/p+2. The van der Waals surface area contributed by atoms with Crippen LogP contribution in [0, 0.1) is 74.7 Å². The second-order valence-corrected chi connectivity index (χ2v) is 16.5. The number of terminal acetylenes is 1. The Hall–Kier alpha value is -6.19. The molecule has 0 radical (unpaired) electrons. The van der Waals surface area contributed by atoms with E-state index in [2.05, 4.69) is 175 Å². The first-order chi connectivity index (χ1) is 28.4. The van der Waals surface area contributed by atoms with E-state index in [1.54, 1.807) is 0 Å². The fraction of sp³-hybridized carbons (Fsp3) is 0.164. The predicted octanol–water partition coefficient (Wildman–Crippen LogP) is 11.8. The summed E-state index contributed by atoms with van der Waals surface area (Å²) in [4.78, 5) is 19.0. The van der Waals surface area contributed by atoms with Crippen molar-refractivity contribution in [3.63, 3.8) is 0 Å². The van der Waals surface area contributed by atoms with Gasteiger partial charge < -0.3 is 9.97 Å². The molecule has 0 saturated heterocycles. The molecule has 2 aliphatic heterocycles. The van der Waals surface area contributed by atoms with E-state index in [1.165, 1.54) is 66.8 Å². The van der Waals surface area contributed by atoms with Gasteiger partial charge in [-0.1, -0.05) is 95.4 Å². The number of hydrogen-bond acceptors (Lipinski definition) is 0. The van der Waals surface area contributed by atoms with Crippen molar-refractivity contribution < 1.29 is 9.97 Å². The van der Waals surface area contributed by atoms with Gasteiger partial charge in [-0.25, -0.2) is 9.97 Å². The van der Waals surface area contributed by atoms with Crippen LogP contribution in [0.1, 0.15) is 78.4 Å². The normalized spacial score (nSPS) is 11.8. The molecule has 0 aliphatic carbocycles. The summed E-state index contributed by atoms with van der Waals surface area (Å²) in [5.74, 6) is 2.79. The molecule has 60 heavy (non-hydrogen) atoms. The SMILES string of the molecule is C#Cc1ccc(-c2c3[nH+]c(c(-c4c(C)cc(C)cc4C)c4ccc([n-]4)c(-c4c(C)cc(C)cc4C)c4[nH+]c(c(-c5c(C)cc(C)cc5C)c5ccc2[n-]5)C=C4)C=C3)cc1.[Mg+2]. The minimum absolute atomic E-state index is 0. The van der Waals surface area contributed by atoms with Gasteiger partial charge in [0.15, 0.2) is 0 Å². The Morgan fingerprint density at radius 1 is 0.383 bits per heavy atom. The van der Waals surface area contributed by atoms with Gasteiger partial charge in [-0.3, -0.25) is 0 Å². The van der Waals surface area contributed by atoms with Crippen LogP contribution in [0.25, 0.3) is 90.9 Å². The summed E-state index contributed by atoms with van der Waals surface area (Å²) in [6.45, 7) is 19.7. The van der Waals surface area contributed by atoms with Gasteiger partial charge in [-0.15, -0.1) is 28.5 Å². The van der Waals surface area contributed by atoms with Gasteiger partial charge in [0, 0.05) is 52.1 Å². The number of hydrogen-bond donors (Lipinski definition) is 0. The van der Waals surface area contributed by atoms with Gasteiger partial charge in [-0.2, -0.15) is 0 Å². The molecule has 0 spiro atoms. The first kappa shape index (κ1) is 40.6. The fourth-order valence-electron chi connectivity index (χ4n) is 9.75. The van der Waals surface area contributed by atoms with Crippen LogP contribution in [0.2, 0.25) is 0 Å². The molecule has 5 heterocycles. The Labute approximate surface area is 369 Å². The molecule has 4 nitrogen and oxygen atoms in total. The van der Waals surface area contributed by atoms with Crippen molar-refractivity contribution in [2.45, 2.75) is 62.3 Å². The van der Waals surface area contributed by atoms with Crippen LogP contribution in [0.3, 0.4) is 0 Å². The molecule has 7 aromatic rings. The van der Waals surface area contributed by atoms with Crippen LogP contribution in [-0.4, -0.2) is 23.1 Å². The zero-order chi connectivity index (χ0) is 41.3. The zero-order valence-corrected chi connectivity index (χ0v) is 37.5. The predicted molar refractivity (Wildman–Crippen MR) is 252 cm³/mol. The van der Waals surface area contributed by atoms with Crippen molar-refractivity contribution in [1.82, 2.24) is 9.97 Å². The largest absolute Gasteiger partial charge is 2.00 e. The molecule has 0 unspecified atom stereocenters. The zero-order valence-electron chi connectivity index (χ0n) is 36.1. The van der Waals surface area contributed by atoms with E-state index >= 15 is 0 Å². The fourth-order valence-corrected chi connectivity index (χ4v) is 9.75. The number of fused-ring (bicyclic) bond motifs is 8. The van der Waals surface area contributed by atoms with Gasteiger partial charge in [0.2, 0.25) is 22.8 Å². The van der Waals surface area contributed by atoms with E-state index in [-0.39, 0.29) is 23.1 Å². The first-order valence-electron chi connectivity index (χ1n) is 20.4. The Balaban J connectivity index is 0.00000499. The topological polar surface area (TPSA) is 56.5 Å². The number of aromatic amines is 2. The maximum atomic E-state index is 5.83. The van der Waals surface area contributed by atoms with Gasteiger partial charge in [-0.05, 0) is 130 Å². The quantitative estimate of drug-likeness (QED) is 0.132. The number of benzene rings is 4. The Kier molecular flexibility index (Phi) is 10.7. The molecule has 0 amide bonds. The summed E-state index contributed by atoms with van der Waals surface area (Å²) in [6.07, 6.45) is 14.6. The smallest absolute Gasteiger partial charge is 0.656 e. The van der Waals surface area contributed by atoms with Crippen LogP contribution in [-0.2, 0) is 0 Å². The molecular weight excluding hydrogens is 741 g/mol. The molecule has 5 heteroatoms. The van der Waals surface area contributed by atoms with Crippen LogP contribution in [0.5, 0.6) is 0 Å². The minimum atomic E-state index is 0. The Bertz CT molecular complexity index is 3070. The summed E-state index contributed by atoms with van der Waals surface area (Å²) in [5, 5.41) is 0. The summed E-state index contributed by atoms with van der Waals surface area (Å²) in [5.41, 5.74) is 28.1. The van der Waals surface area contributed by atoms with Crippen LogP contribution < -0.4 is 19.9 Å². The molecule has 9 rings (SSSR count). The van der Waals surface area contributed by atoms with Gasteiger partial charge in [0.25, 0.3) is 0 Å². The molecule has 4 aromatic carbocycles. The number of rotatable bonds is 4. The molecule has 288 valence electrons. The number of H-pyrrole nitrogens is 2. The average molecular weight is 789 g/mol. The third-order valence-electron chi connectivity index (χ3n) is 11.9. The van der Waals surface area contributed by atoms with Crippen molar-refractivity contribution in [3.05, 3.63) is 163 Å². The van der Waals surface area contributed by atoms with Crippen LogP contribution in [0.15, 0.2) is 84.9 Å². The molecule has 3 aromatic heterocycles.